The highest BCUT2D eigenvalue weighted by molar-refractivity contribution is 5.96. The van der Waals surface area contributed by atoms with Crippen molar-refractivity contribution in [1.29, 1.82) is 0 Å². The van der Waals surface area contributed by atoms with Crippen molar-refractivity contribution in [2.75, 3.05) is 31.6 Å². The number of nitrogens with zero attached hydrogens (tertiary/aromatic N) is 4. The van der Waals surface area contributed by atoms with Crippen LogP contribution in [0.15, 0.2) is 30.3 Å². The van der Waals surface area contributed by atoms with E-state index in [1.807, 2.05) is 36.2 Å². The SMILES string of the molecule is CN1CCN(c2cccc(-c3cc(C(=O)O)nn3C)c2)C(=O)C1. The van der Waals surface area contributed by atoms with E-state index >= 15 is 0 Å². The first kappa shape index (κ1) is 15.2. The normalized spacial score (nSPS) is 15.9. The quantitative estimate of drug-likeness (QED) is 0.916. The molecule has 0 radical (unpaired) electrons. The molecule has 1 aromatic carbocycles. The van der Waals surface area contributed by atoms with Gasteiger partial charge in [0.05, 0.1) is 12.2 Å². The topological polar surface area (TPSA) is 78.7 Å². The maximum atomic E-state index is 12.2. The highest BCUT2D eigenvalue weighted by Crippen LogP contribution is 2.26. The summed E-state index contributed by atoms with van der Waals surface area (Å²) in [6, 6.07) is 9.07. The third-order valence-corrected chi connectivity index (χ3v) is 3.96. The Morgan fingerprint density at radius 2 is 2.00 bits per heavy atom. The molecular formula is C16H18N4O3. The first-order chi connectivity index (χ1) is 11.0. The summed E-state index contributed by atoms with van der Waals surface area (Å²) in [6.45, 7) is 1.87. The largest absolute Gasteiger partial charge is 0.476 e. The number of benzene rings is 1. The molecule has 3 rings (SSSR count). The lowest BCUT2D eigenvalue weighted by molar-refractivity contribution is -0.120. The third-order valence-electron chi connectivity index (χ3n) is 3.96. The zero-order chi connectivity index (χ0) is 16.6. The van der Waals surface area contributed by atoms with Gasteiger partial charge in [-0.05, 0) is 25.2 Å². The molecule has 0 saturated carbocycles. The average molecular weight is 314 g/mol. The predicted octanol–water partition coefficient (Wildman–Crippen LogP) is 1.06. The molecule has 1 aliphatic rings. The van der Waals surface area contributed by atoms with Gasteiger partial charge in [0.15, 0.2) is 5.69 Å². The second kappa shape index (κ2) is 5.85. The summed E-state index contributed by atoms with van der Waals surface area (Å²) in [7, 11) is 3.63. The van der Waals surface area contributed by atoms with Gasteiger partial charge >= 0.3 is 5.97 Å². The molecule has 0 atom stereocenters. The summed E-state index contributed by atoms with van der Waals surface area (Å²) in [6.07, 6.45) is 0. The van der Waals surface area contributed by atoms with Gasteiger partial charge < -0.3 is 10.0 Å². The number of hydrogen-bond acceptors (Lipinski definition) is 4. The summed E-state index contributed by atoms with van der Waals surface area (Å²) in [5, 5.41) is 13.0. The number of likely N-dealkylation sites (N-methyl/N-ethyl adjacent to an activating group) is 1. The third kappa shape index (κ3) is 2.95. The molecule has 120 valence electrons. The number of carbonyl (C=O) groups is 2. The molecule has 2 heterocycles. The fourth-order valence-electron chi connectivity index (χ4n) is 2.74. The summed E-state index contributed by atoms with van der Waals surface area (Å²) < 4.78 is 1.54. The van der Waals surface area contributed by atoms with Crippen molar-refractivity contribution in [3.63, 3.8) is 0 Å². The van der Waals surface area contributed by atoms with Crippen molar-refractivity contribution >= 4 is 17.6 Å². The molecule has 1 aliphatic heterocycles. The number of hydrogen-bond donors (Lipinski definition) is 1. The summed E-state index contributed by atoms with van der Waals surface area (Å²) >= 11 is 0. The number of carboxylic acids is 1. The van der Waals surface area contributed by atoms with Crippen LogP contribution in [0.25, 0.3) is 11.3 Å². The Labute approximate surface area is 133 Å². The van der Waals surface area contributed by atoms with Crippen molar-refractivity contribution < 1.29 is 14.7 Å². The molecule has 0 spiro atoms. The van der Waals surface area contributed by atoms with Crippen LogP contribution in [0.2, 0.25) is 0 Å². The minimum atomic E-state index is -1.06. The van der Waals surface area contributed by atoms with Gasteiger partial charge in [0.1, 0.15) is 0 Å². The van der Waals surface area contributed by atoms with Gasteiger partial charge in [-0.15, -0.1) is 0 Å². The minimum absolute atomic E-state index is 0.00331. The van der Waals surface area contributed by atoms with Gasteiger partial charge in [-0.25, -0.2) is 4.79 Å². The molecule has 7 nitrogen and oxygen atoms in total. The molecule has 0 unspecified atom stereocenters. The smallest absolute Gasteiger partial charge is 0.356 e. The number of aryl methyl sites for hydroxylation is 1. The van der Waals surface area contributed by atoms with E-state index in [1.54, 1.807) is 11.9 Å². The highest BCUT2D eigenvalue weighted by atomic mass is 16.4. The molecule has 2 aromatic rings. The summed E-state index contributed by atoms with van der Waals surface area (Å²) in [4.78, 5) is 27.0. The molecule has 1 fully saturated rings. The van der Waals surface area contributed by atoms with Gasteiger partial charge in [0, 0.05) is 31.4 Å². The fraction of sp³-hybridized carbons (Fsp3) is 0.312. The predicted molar refractivity (Wildman–Crippen MR) is 85.5 cm³/mol. The Kier molecular flexibility index (Phi) is 3.87. The number of carboxylic acid groups (broad SMARTS) is 1. The minimum Gasteiger partial charge on any atom is -0.476 e. The van der Waals surface area contributed by atoms with E-state index in [0.717, 1.165) is 17.8 Å². The van der Waals surface area contributed by atoms with Gasteiger partial charge in [0.25, 0.3) is 0 Å². The van der Waals surface area contributed by atoms with E-state index in [1.165, 1.54) is 10.7 Å². The number of aromatic nitrogens is 2. The van der Waals surface area contributed by atoms with Gasteiger partial charge in [-0.3, -0.25) is 14.4 Å². The Bertz CT molecular complexity index is 768. The van der Waals surface area contributed by atoms with Crippen LogP contribution in [-0.2, 0) is 11.8 Å². The van der Waals surface area contributed by atoms with Gasteiger partial charge in [0.2, 0.25) is 5.91 Å². The Balaban J connectivity index is 1.94. The van der Waals surface area contributed by atoms with Crippen molar-refractivity contribution in [1.82, 2.24) is 14.7 Å². The number of amides is 1. The van der Waals surface area contributed by atoms with Crippen LogP contribution < -0.4 is 4.90 Å². The molecule has 1 saturated heterocycles. The van der Waals surface area contributed by atoms with E-state index in [0.29, 0.717) is 18.8 Å². The number of piperazine rings is 1. The van der Waals surface area contributed by atoms with E-state index in [-0.39, 0.29) is 11.6 Å². The molecule has 7 heteroatoms. The van der Waals surface area contributed by atoms with Crippen LogP contribution in [0.5, 0.6) is 0 Å². The Hall–Kier alpha value is -2.67. The van der Waals surface area contributed by atoms with Crippen molar-refractivity contribution in [2.45, 2.75) is 0 Å². The molecule has 0 bridgehead atoms. The summed E-state index contributed by atoms with van der Waals surface area (Å²) in [5.41, 5.74) is 2.35. The fourth-order valence-corrected chi connectivity index (χ4v) is 2.74. The number of rotatable bonds is 3. The van der Waals surface area contributed by atoms with Crippen molar-refractivity contribution in [3.05, 3.63) is 36.0 Å². The average Bonchev–Trinajstić information content (AvgIpc) is 2.90. The second-order valence-electron chi connectivity index (χ2n) is 5.68. The number of aromatic carboxylic acids is 1. The van der Waals surface area contributed by atoms with E-state index in [4.69, 9.17) is 5.11 Å². The first-order valence-electron chi connectivity index (χ1n) is 7.32. The lowest BCUT2D eigenvalue weighted by Crippen LogP contribution is -2.48. The van der Waals surface area contributed by atoms with Crippen LogP contribution in [0.4, 0.5) is 5.69 Å². The maximum absolute atomic E-state index is 12.2. The van der Waals surface area contributed by atoms with E-state index in [2.05, 4.69) is 5.10 Å². The molecule has 1 amide bonds. The molecular weight excluding hydrogens is 296 g/mol. The van der Waals surface area contributed by atoms with Crippen LogP contribution >= 0.6 is 0 Å². The zero-order valence-electron chi connectivity index (χ0n) is 13.1. The van der Waals surface area contributed by atoms with E-state index in [9.17, 15) is 9.59 Å². The van der Waals surface area contributed by atoms with Crippen LogP contribution in [-0.4, -0.2) is 58.3 Å². The molecule has 1 aromatic heterocycles. The van der Waals surface area contributed by atoms with Crippen LogP contribution in [0.1, 0.15) is 10.5 Å². The maximum Gasteiger partial charge on any atom is 0.356 e. The van der Waals surface area contributed by atoms with Gasteiger partial charge in [-0.2, -0.15) is 5.10 Å². The molecule has 0 aliphatic carbocycles. The number of carbonyl (C=O) groups excluding carboxylic acids is 1. The van der Waals surface area contributed by atoms with Crippen molar-refractivity contribution in [3.8, 4) is 11.3 Å². The van der Waals surface area contributed by atoms with Crippen LogP contribution in [0, 0.1) is 0 Å². The Morgan fingerprint density at radius 1 is 1.22 bits per heavy atom. The second-order valence-corrected chi connectivity index (χ2v) is 5.68. The highest BCUT2D eigenvalue weighted by Gasteiger charge is 2.23. The lowest BCUT2D eigenvalue weighted by atomic mass is 10.1. The zero-order valence-corrected chi connectivity index (χ0v) is 13.1. The van der Waals surface area contributed by atoms with Crippen LogP contribution in [0.3, 0.4) is 0 Å². The number of anilines is 1. The monoisotopic (exact) mass is 314 g/mol. The first-order valence-corrected chi connectivity index (χ1v) is 7.32. The van der Waals surface area contributed by atoms with Gasteiger partial charge in [-0.1, -0.05) is 12.1 Å². The molecule has 1 N–H and O–H groups in total. The lowest BCUT2D eigenvalue weighted by Gasteiger charge is -2.32. The van der Waals surface area contributed by atoms with E-state index < -0.39 is 5.97 Å². The Morgan fingerprint density at radius 3 is 2.65 bits per heavy atom. The summed E-state index contributed by atoms with van der Waals surface area (Å²) in [5.74, 6) is -0.996. The standard InChI is InChI=1S/C16H18N4O3/c1-18-6-7-20(15(21)10-18)12-5-3-4-11(8-12)14-9-13(16(22)23)17-19(14)2/h3-5,8-9H,6-7,10H2,1-2H3,(H,22,23). The van der Waals surface area contributed by atoms with Crippen molar-refractivity contribution in [2.24, 2.45) is 7.05 Å². The molecule has 23 heavy (non-hydrogen) atoms.